The molecule has 0 spiro atoms. The van der Waals surface area contributed by atoms with Crippen molar-refractivity contribution in [2.75, 3.05) is 6.61 Å². The fraction of sp³-hybridized carbons (Fsp3) is 0.176. The largest absolute Gasteiger partial charge is 0.479 e. The van der Waals surface area contributed by atoms with Crippen molar-refractivity contribution >= 4 is 34.1 Å². The van der Waals surface area contributed by atoms with E-state index in [0.717, 1.165) is 11.3 Å². The van der Waals surface area contributed by atoms with Gasteiger partial charge in [0, 0.05) is 16.9 Å². The first-order chi connectivity index (χ1) is 10.2. The average molecular weight is 316 g/mol. The van der Waals surface area contributed by atoms with E-state index < -0.39 is 0 Å². The standard InChI is InChI=1S/C17H16O2S2/c1-2-19-17(20)21-12-13-8-10-15(11-9-13)16(18)14-6-4-3-5-7-14/h3-11H,2,12H2,1H3. The van der Waals surface area contributed by atoms with Crippen LogP contribution in [0.4, 0.5) is 0 Å². The Kier molecular flexibility index (Phi) is 5.96. The Morgan fingerprint density at radius 3 is 2.29 bits per heavy atom. The molecular weight excluding hydrogens is 300 g/mol. The number of hydrogen-bond donors (Lipinski definition) is 0. The Labute approximate surface area is 134 Å². The lowest BCUT2D eigenvalue weighted by Crippen LogP contribution is -2.01. The van der Waals surface area contributed by atoms with Gasteiger partial charge in [-0.25, -0.2) is 0 Å². The molecule has 0 aliphatic carbocycles. The van der Waals surface area contributed by atoms with Gasteiger partial charge in [0.15, 0.2) is 5.78 Å². The van der Waals surface area contributed by atoms with Crippen LogP contribution in [0.15, 0.2) is 54.6 Å². The topological polar surface area (TPSA) is 26.3 Å². The van der Waals surface area contributed by atoms with Crippen molar-refractivity contribution in [2.45, 2.75) is 12.7 Å². The molecule has 0 aliphatic heterocycles. The number of hydrogen-bond acceptors (Lipinski definition) is 4. The third kappa shape index (κ3) is 4.69. The Bertz CT molecular complexity index is 606. The highest BCUT2D eigenvalue weighted by Gasteiger charge is 2.08. The summed E-state index contributed by atoms with van der Waals surface area (Å²) >= 11 is 6.56. The molecule has 0 saturated carbocycles. The van der Waals surface area contributed by atoms with E-state index in [-0.39, 0.29) is 5.78 Å². The van der Waals surface area contributed by atoms with E-state index >= 15 is 0 Å². The van der Waals surface area contributed by atoms with Crippen LogP contribution in [-0.4, -0.2) is 16.8 Å². The van der Waals surface area contributed by atoms with Crippen LogP contribution >= 0.6 is 24.0 Å². The quantitative estimate of drug-likeness (QED) is 0.600. The molecule has 108 valence electrons. The molecule has 2 aromatic carbocycles. The maximum Gasteiger partial charge on any atom is 0.220 e. The van der Waals surface area contributed by atoms with E-state index in [1.165, 1.54) is 11.8 Å². The maximum atomic E-state index is 12.3. The van der Waals surface area contributed by atoms with Crippen LogP contribution in [0.5, 0.6) is 0 Å². The van der Waals surface area contributed by atoms with Crippen molar-refractivity contribution in [3.63, 3.8) is 0 Å². The highest BCUT2D eigenvalue weighted by Crippen LogP contribution is 2.17. The number of ether oxygens (including phenoxy) is 1. The molecule has 2 rings (SSSR count). The summed E-state index contributed by atoms with van der Waals surface area (Å²) in [5.74, 6) is 0.790. The minimum atomic E-state index is 0.0413. The molecule has 0 radical (unpaired) electrons. The van der Waals surface area contributed by atoms with Gasteiger partial charge in [-0.1, -0.05) is 66.4 Å². The number of ketones is 1. The molecule has 0 aliphatic rings. The van der Waals surface area contributed by atoms with Gasteiger partial charge in [-0.3, -0.25) is 4.79 Å². The molecule has 0 unspecified atom stereocenters. The van der Waals surface area contributed by atoms with Crippen molar-refractivity contribution < 1.29 is 9.53 Å². The summed E-state index contributed by atoms with van der Waals surface area (Å²) in [6, 6.07) is 16.9. The molecule has 2 aromatic rings. The third-order valence-corrected chi connectivity index (χ3v) is 4.17. The molecule has 0 amide bonds. The summed E-state index contributed by atoms with van der Waals surface area (Å²) < 4.78 is 5.78. The van der Waals surface area contributed by atoms with Gasteiger partial charge in [0.1, 0.15) is 0 Å². The number of rotatable bonds is 5. The Morgan fingerprint density at radius 2 is 1.67 bits per heavy atom. The molecule has 0 N–H and O–H groups in total. The van der Waals surface area contributed by atoms with E-state index in [4.69, 9.17) is 17.0 Å². The second-order valence-corrected chi connectivity index (χ2v) is 5.94. The average Bonchev–Trinajstić information content (AvgIpc) is 2.54. The molecule has 4 heteroatoms. The van der Waals surface area contributed by atoms with E-state index in [9.17, 15) is 4.79 Å². The van der Waals surface area contributed by atoms with Crippen LogP contribution in [0.2, 0.25) is 0 Å². The van der Waals surface area contributed by atoms with Gasteiger partial charge in [0.25, 0.3) is 0 Å². The van der Waals surface area contributed by atoms with Crippen LogP contribution in [0.25, 0.3) is 0 Å². The van der Waals surface area contributed by atoms with Crippen LogP contribution in [0.3, 0.4) is 0 Å². The Morgan fingerprint density at radius 1 is 1.05 bits per heavy atom. The third-order valence-electron chi connectivity index (χ3n) is 2.87. The molecule has 0 fully saturated rings. The van der Waals surface area contributed by atoms with E-state index in [1.54, 1.807) is 0 Å². The smallest absolute Gasteiger partial charge is 0.220 e. The molecular formula is C17H16O2S2. The van der Waals surface area contributed by atoms with E-state index in [2.05, 4.69) is 0 Å². The van der Waals surface area contributed by atoms with Gasteiger partial charge in [-0.15, -0.1) is 0 Å². The summed E-state index contributed by atoms with van der Waals surface area (Å²) in [4.78, 5) is 12.3. The molecule has 0 aromatic heterocycles. The summed E-state index contributed by atoms with van der Waals surface area (Å²) in [7, 11) is 0. The molecule has 2 nitrogen and oxygen atoms in total. The molecule has 0 atom stereocenters. The van der Waals surface area contributed by atoms with Crippen LogP contribution in [0, 0.1) is 0 Å². The predicted molar refractivity (Wildman–Crippen MR) is 91.8 cm³/mol. The van der Waals surface area contributed by atoms with Crippen LogP contribution in [-0.2, 0) is 10.5 Å². The van der Waals surface area contributed by atoms with Crippen LogP contribution < -0.4 is 0 Å². The van der Waals surface area contributed by atoms with Gasteiger partial charge in [-0.05, 0) is 24.7 Å². The summed E-state index contributed by atoms with van der Waals surface area (Å²) in [5, 5.41) is 0. The number of carbonyl (C=O) groups excluding carboxylic acids is 1. The van der Waals surface area contributed by atoms with Gasteiger partial charge in [0.2, 0.25) is 4.38 Å². The van der Waals surface area contributed by atoms with Crippen molar-refractivity contribution in [2.24, 2.45) is 0 Å². The van der Waals surface area contributed by atoms with Gasteiger partial charge < -0.3 is 4.74 Å². The number of thioether (sulfide) groups is 1. The van der Waals surface area contributed by atoms with E-state index in [0.29, 0.717) is 22.1 Å². The fourth-order valence-corrected chi connectivity index (χ4v) is 2.78. The van der Waals surface area contributed by atoms with Crippen molar-refractivity contribution in [3.8, 4) is 0 Å². The highest BCUT2D eigenvalue weighted by molar-refractivity contribution is 8.22. The zero-order chi connectivity index (χ0) is 15.1. The van der Waals surface area contributed by atoms with E-state index in [1.807, 2.05) is 61.5 Å². The molecule has 0 bridgehead atoms. The Balaban J connectivity index is 1.99. The SMILES string of the molecule is CCOC(=S)SCc1ccc(C(=O)c2ccccc2)cc1. The summed E-state index contributed by atoms with van der Waals surface area (Å²) in [5.41, 5.74) is 2.52. The predicted octanol–water partition coefficient (Wildman–Crippen LogP) is 4.47. The zero-order valence-electron chi connectivity index (χ0n) is 11.7. The lowest BCUT2D eigenvalue weighted by molar-refractivity contribution is 0.103. The minimum absolute atomic E-state index is 0.0413. The maximum absolute atomic E-state index is 12.3. The minimum Gasteiger partial charge on any atom is -0.479 e. The monoisotopic (exact) mass is 316 g/mol. The number of carbonyl (C=O) groups is 1. The van der Waals surface area contributed by atoms with Crippen molar-refractivity contribution in [1.82, 2.24) is 0 Å². The van der Waals surface area contributed by atoms with Gasteiger partial charge >= 0.3 is 0 Å². The second kappa shape index (κ2) is 7.96. The van der Waals surface area contributed by atoms with Gasteiger partial charge in [-0.2, -0.15) is 0 Å². The van der Waals surface area contributed by atoms with Crippen LogP contribution in [0.1, 0.15) is 28.4 Å². The summed E-state index contributed by atoms with van der Waals surface area (Å²) in [6.07, 6.45) is 0. The second-order valence-electron chi connectivity index (χ2n) is 4.36. The normalized spacial score (nSPS) is 10.1. The van der Waals surface area contributed by atoms with Crippen molar-refractivity contribution in [1.29, 1.82) is 0 Å². The number of benzene rings is 2. The first-order valence-corrected chi connectivity index (χ1v) is 8.08. The number of thiocarbonyl (C=S) groups is 1. The first kappa shape index (κ1) is 15.7. The Hall–Kier alpha value is -1.65. The lowest BCUT2D eigenvalue weighted by atomic mass is 10.0. The highest BCUT2D eigenvalue weighted by atomic mass is 32.2. The fourth-order valence-electron chi connectivity index (χ4n) is 1.81. The summed E-state index contributed by atoms with van der Waals surface area (Å²) in [6.45, 7) is 2.51. The van der Waals surface area contributed by atoms with Gasteiger partial charge in [0.05, 0.1) is 6.61 Å². The lowest BCUT2D eigenvalue weighted by Gasteiger charge is -2.05. The molecule has 0 saturated heterocycles. The molecule has 0 heterocycles. The zero-order valence-corrected chi connectivity index (χ0v) is 13.4. The van der Waals surface area contributed by atoms with Crippen molar-refractivity contribution in [3.05, 3.63) is 71.3 Å². The first-order valence-electron chi connectivity index (χ1n) is 6.69. The molecule has 21 heavy (non-hydrogen) atoms.